The maximum Gasteiger partial charge on any atom is 0.319 e. The number of hydrogen-bond donors (Lipinski definition) is 2. The lowest BCUT2D eigenvalue weighted by Crippen LogP contribution is -2.58. The van der Waals surface area contributed by atoms with E-state index in [0.29, 0.717) is 23.5 Å². The van der Waals surface area contributed by atoms with Crippen molar-refractivity contribution in [2.75, 3.05) is 12.4 Å². The van der Waals surface area contributed by atoms with Crippen LogP contribution in [0.25, 0.3) is 0 Å². The zero-order chi connectivity index (χ0) is 16.5. The summed E-state index contributed by atoms with van der Waals surface area (Å²) in [5, 5.41) is 6.13. The van der Waals surface area contributed by atoms with E-state index in [4.69, 9.17) is 4.74 Å². The predicted octanol–water partition coefficient (Wildman–Crippen LogP) is 3.36. The van der Waals surface area contributed by atoms with E-state index >= 15 is 0 Å². The number of urea groups is 1. The van der Waals surface area contributed by atoms with Gasteiger partial charge in [0.25, 0.3) is 0 Å². The summed E-state index contributed by atoms with van der Waals surface area (Å²) in [6.07, 6.45) is 8.86. The Balaban J connectivity index is 1.36. The third kappa shape index (κ3) is 3.22. The van der Waals surface area contributed by atoms with Crippen LogP contribution in [0.15, 0.2) is 24.3 Å². The van der Waals surface area contributed by atoms with Gasteiger partial charge in [-0.1, -0.05) is 18.6 Å². The number of nitrogens with one attached hydrogen (secondary N) is 2. The molecule has 2 saturated heterocycles. The first-order valence-electron chi connectivity index (χ1n) is 9.22. The normalized spacial score (nSPS) is 29.8. The van der Waals surface area contributed by atoms with E-state index in [1.165, 1.54) is 32.1 Å². The summed E-state index contributed by atoms with van der Waals surface area (Å²) in [6, 6.07) is 9.85. The SMILES string of the molecule is COc1ccccc1NC(=O)NC1C[C@H]2CCC[C@H](C1)N2C1CC1. The van der Waals surface area contributed by atoms with E-state index in [1.54, 1.807) is 7.11 Å². The van der Waals surface area contributed by atoms with Gasteiger partial charge >= 0.3 is 6.03 Å². The van der Waals surface area contributed by atoms with Crippen LogP contribution in [0.2, 0.25) is 0 Å². The first-order chi connectivity index (χ1) is 11.7. The Morgan fingerprint density at radius 3 is 2.46 bits per heavy atom. The summed E-state index contributed by atoms with van der Waals surface area (Å²) in [6.45, 7) is 0. The third-order valence-corrected chi connectivity index (χ3v) is 5.69. The van der Waals surface area contributed by atoms with Crippen molar-refractivity contribution in [1.82, 2.24) is 10.2 Å². The van der Waals surface area contributed by atoms with Gasteiger partial charge in [-0.25, -0.2) is 4.79 Å². The van der Waals surface area contributed by atoms with Gasteiger partial charge in [-0.05, 0) is 50.7 Å². The highest BCUT2D eigenvalue weighted by molar-refractivity contribution is 5.91. The van der Waals surface area contributed by atoms with Crippen LogP contribution < -0.4 is 15.4 Å². The number of fused-ring (bicyclic) bond motifs is 2. The van der Waals surface area contributed by atoms with E-state index < -0.39 is 0 Å². The second kappa shape index (κ2) is 6.63. The van der Waals surface area contributed by atoms with Gasteiger partial charge < -0.3 is 15.4 Å². The standard InChI is InChI=1S/C19H27N3O2/c1-24-18-8-3-2-7-17(18)21-19(23)20-13-11-15-5-4-6-16(12-13)22(15)14-9-10-14/h2-3,7-8,13-16H,4-6,9-12H2,1H3,(H2,20,21,23)/t15-,16-/m1/s1. The molecule has 2 atom stereocenters. The fraction of sp³-hybridized carbons (Fsp3) is 0.632. The van der Waals surface area contributed by atoms with Crippen LogP contribution in [0.3, 0.4) is 0 Å². The van der Waals surface area contributed by atoms with Gasteiger partial charge in [0.15, 0.2) is 0 Å². The summed E-state index contributed by atoms with van der Waals surface area (Å²) < 4.78 is 5.30. The highest BCUT2D eigenvalue weighted by Crippen LogP contribution is 2.41. The fourth-order valence-corrected chi connectivity index (χ4v) is 4.60. The molecule has 0 spiro atoms. The number of benzene rings is 1. The van der Waals surface area contributed by atoms with E-state index in [-0.39, 0.29) is 12.1 Å². The summed E-state index contributed by atoms with van der Waals surface area (Å²) in [4.78, 5) is 15.2. The number of anilines is 1. The Morgan fingerprint density at radius 1 is 1.08 bits per heavy atom. The number of methoxy groups -OCH3 is 1. The highest BCUT2D eigenvalue weighted by atomic mass is 16.5. The predicted molar refractivity (Wildman–Crippen MR) is 94.5 cm³/mol. The molecule has 4 rings (SSSR count). The molecular weight excluding hydrogens is 302 g/mol. The number of ether oxygens (including phenoxy) is 1. The average Bonchev–Trinajstić information content (AvgIpc) is 3.39. The smallest absolute Gasteiger partial charge is 0.319 e. The van der Waals surface area contributed by atoms with E-state index in [9.17, 15) is 4.79 Å². The molecule has 2 bridgehead atoms. The molecule has 130 valence electrons. The quantitative estimate of drug-likeness (QED) is 0.890. The minimum absolute atomic E-state index is 0.123. The molecule has 3 fully saturated rings. The van der Waals surface area contributed by atoms with Crippen molar-refractivity contribution in [1.29, 1.82) is 0 Å². The van der Waals surface area contributed by atoms with Crippen LogP contribution in [0.1, 0.15) is 44.9 Å². The highest BCUT2D eigenvalue weighted by Gasteiger charge is 2.45. The molecule has 1 aliphatic carbocycles. The lowest BCUT2D eigenvalue weighted by Gasteiger charge is -2.49. The van der Waals surface area contributed by atoms with Crippen molar-refractivity contribution in [3.05, 3.63) is 24.3 Å². The Morgan fingerprint density at radius 2 is 1.79 bits per heavy atom. The zero-order valence-corrected chi connectivity index (χ0v) is 14.3. The van der Waals surface area contributed by atoms with Crippen molar-refractivity contribution in [3.63, 3.8) is 0 Å². The number of piperidine rings is 2. The van der Waals surface area contributed by atoms with Crippen LogP contribution >= 0.6 is 0 Å². The number of amides is 2. The topological polar surface area (TPSA) is 53.6 Å². The molecule has 2 aliphatic heterocycles. The zero-order valence-electron chi connectivity index (χ0n) is 14.3. The van der Waals surface area contributed by atoms with Crippen molar-refractivity contribution >= 4 is 11.7 Å². The van der Waals surface area contributed by atoms with Crippen LogP contribution in [-0.2, 0) is 0 Å². The van der Waals surface area contributed by atoms with Gasteiger partial charge in [0.2, 0.25) is 0 Å². The Bertz CT molecular complexity index is 588. The maximum atomic E-state index is 12.4. The second-order valence-electron chi connectivity index (χ2n) is 7.38. The fourth-order valence-electron chi connectivity index (χ4n) is 4.60. The average molecular weight is 329 g/mol. The molecule has 0 unspecified atom stereocenters. The summed E-state index contributed by atoms with van der Waals surface area (Å²) in [5.74, 6) is 0.688. The Labute approximate surface area is 143 Å². The van der Waals surface area contributed by atoms with E-state index in [0.717, 1.165) is 18.9 Å². The largest absolute Gasteiger partial charge is 0.495 e. The summed E-state index contributed by atoms with van der Waals surface area (Å²) in [5.41, 5.74) is 0.716. The minimum atomic E-state index is -0.123. The molecule has 5 nitrogen and oxygen atoms in total. The third-order valence-electron chi connectivity index (χ3n) is 5.69. The molecule has 2 heterocycles. The van der Waals surface area contributed by atoms with Gasteiger partial charge in [0, 0.05) is 24.2 Å². The monoisotopic (exact) mass is 329 g/mol. The molecule has 1 aromatic rings. The lowest BCUT2D eigenvalue weighted by atomic mass is 9.81. The number of carbonyl (C=O) groups excluding carboxylic acids is 1. The molecule has 2 N–H and O–H groups in total. The van der Waals surface area contributed by atoms with Crippen LogP contribution in [0.5, 0.6) is 5.75 Å². The van der Waals surface area contributed by atoms with Crippen molar-refractivity contribution in [3.8, 4) is 5.75 Å². The molecule has 24 heavy (non-hydrogen) atoms. The van der Waals surface area contributed by atoms with Crippen LogP contribution in [0, 0.1) is 0 Å². The van der Waals surface area contributed by atoms with Crippen molar-refractivity contribution < 1.29 is 9.53 Å². The van der Waals surface area contributed by atoms with Crippen molar-refractivity contribution in [2.45, 2.75) is 69.1 Å². The molecular formula is C19H27N3O2. The van der Waals surface area contributed by atoms with Crippen molar-refractivity contribution in [2.24, 2.45) is 0 Å². The number of nitrogens with zero attached hydrogens (tertiary/aromatic N) is 1. The van der Waals surface area contributed by atoms with E-state index in [1.807, 2.05) is 24.3 Å². The van der Waals surface area contributed by atoms with E-state index in [2.05, 4.69) is 15.5 Å². The number of hydrogen-bond acceptors (Lipinski definition) is 3. The first kappa shape index (κ1) is 15.8. The Hall–Kier alpha value is -1.75. The number of carbonyl (C=O) groups is 1. The second-order valence-corrected chi connectivity index (χ2v) is 7.38. The molecule has 5 heteroatoms. The van der Waals surface area contributed by atoms with Gasteiger partial charge in [0.05, 0.1) is 12.8 Å². The van der Waals surface area contributed by atoms with Gasteiger partial charge in [0.1, 0.15) is 5.75 Å². The lowest BCUT2D eigenvalue weighted by molar-refractivity contribution is 0.0198. The molecule has 1 saturated carbocycles. The molecule has 0 aromatic heterocycles. The summed E-state index contributed by atoms with van der Waals surface area (Å²) in [7, 11) is 1.62. The van der Waals surface area contributed by atoms with Gasteiger partial charge in [-0.2, -0.15) is 0 Å². The summed E-state index contributed by atoms with van der Waals surface area (Å²) >= 11 is 0. The number of rotatable bonds is 4. The van der Waals surface area contributed by atoms with Gasteiger partial charge in [-0.3, -0.25) is 4.90 Å². The minimum Gasteiger partial charge on any atom is -0.495 e. The Kier molecular flexibility index (Phi) is 4.35. The molecule has 3 aliphatic rings. The van der Waals surface area contributed by atoms with Crippen LogP contribution in [-0.4, -0.2) is 42.2 Å². The number of para-hydroxylation sites is 2. The first-order valence-corrected chi connectivity index (χ1v) is 9.22. The van der Waals surface area contributed by atoms with Gasteiger partial charge in [-0.15, -0.1) is 0 Å². The molecule has 0 radical (unpaired) electrons. The maximum absolute atomic E-state index is 12.4. The molecule has 2 amide bonds. The molecule has 1 aromatic carbocycles. The van der Waals surface area contributed by atoms with Crippen LogP contribution in [0.4, 0.5) is 10.5 Å².